The number of benzene rings is 1. The zero-order chi connectivity index (χ0) is 9.84. The normalized spacial score (nSPS) is 9.57. The van der Waals surface area contributed by atoms with Gasteiger partial charge in [-0.2, -0.15) is 4.33 Å². The molecule has 0 bridgehead atoms. The first-order valence-electron chi connectivity index (χ1n) is 3.31. The van der Waals surface area contributed by atoms with Crippen molar-refractivity contribution in [2.45, 2.75) is 11.8 Å². The molecule has 0 fully saturated rings. The Morgan fingerprint density at radius 3 is 2.50 bits per heavy atom. The standard InChI is InChI=1S/C7H8O5S.Na/c1-4-2-6(9)7(3-5(4)8)13-12-11-10;/h2-3,8-10H,1H3;/q;+1/p-1. The first-order valence-corrected chi connectivity index (χ1v) is 4.05. The molecule has 0 atom stereocenters. The summed E-state index contributed by atoms with van der Waals surface area (Å²) in [7, 11) is 0. The van der Waals surface area contributed by atoms with E-state index in [9.17, 15) is 15.5 Å². The van der Waals surface area contributed by atoms with Crippen LogP contribution in [0.5, 0.6) is 11.5 Å². The number of phenolic OH excluding ortho intramolecular Hbond substituents is 2. The maximum Gasteiger partial charge on any atom is 1.00 e. The molecule has 1 rings (SSSR count). The smallest absolute Gasteiger partial charge is 0.691 e. The molecule has 0 spiro atoms. The average molecular weight is 226 g/mol. The van der Waals surface area contributed by atoms with Crippen LogP contribution in [0.3, 0.4) is 0 Å². The summed E-state index contributed by atoms with van der Waals surface area (Å²) >= 11 is 0.525. The van der Waals surface area contributed by atoms with Crippen LogP contribution < -0.4 is 34.8 Å². The molecular formula is C7H7NaO5S. The molecule has 14 heavy (non-hydrogen) atoms. The summed E-state index contributed by atoms with van der Waals surface area (Å²) in [4.78, 5) is 0.207. The molecule has 72 valence electrons. The van der Waals surface area contributed by atoms with Gasteiger partial charge in [-0.25, -0.2) is 0 Å². The fourth-order valence-electron chi connectivity index (χ4n) is 0.779. The van der Waals surface area contributed by atoms with Crippen molar-refractivity contribution in [1.82, 2.24) is 0 Å². The van der Waals surface area contributed by atoms with Crippen LogP contribution in [-0.4, -0.2) is 10.2 Å². The molecule has 5 nitrogen and oxygen atoms in total. The number of hydrogen-bond donors (Lipinski definition) is 2. The minimum Gasteiger partial charge on any atom is -0.691 e. The van der Waals surface area contributed by atoms with Crippen molar-refractivity contribution in [3.63, 3.8) is 0 Å². The molecule has 0 amide bonds. The van der Waals surface area contributed by atoms with E-state index in [1.54, 1.807) is 6.92 Å². The van der Waals surface area contributed by atoms with Gasteiger partial charge >= 0.3 is 29.6 Å². The molecule has 0 unspecified atom stereocenters. The van der Waals surface area contributed by atoms with E-state index in [0.29, 0.717) is 17.6 Å². The van der Waals surface area contributed by atoms with Crippen LogP contribution in [0.15, 0.2) is 17.0 Å². The summed E-state index contributed by atoms with van der Waals surface area (Å²) in [5.41, 5.74) is 0.532. The number of aromatic hydroxyl groups is 2. The summed E-state index contributed by atoms with van der Waals surface area (Å²) in [5.74, 6) is -0.0767. The number of phenols is 2. The predicted molar refractivity (Wildman–Crippen MR) is 42.5 cm³/mol. The second-order valence-corrected chi connectivity index (χ2v) is 3.07. The van der Waals surface area contributed by atoms with Gasteiger partial charge in [0.15, 0.2) is 0 Å². The van der Waals surface area contributed by atoms with Crippen LogP contribution in [0.25, 0.3) is 0 Å². The second-order valence-electron chi connectivity index (χ2n) is 2.33. The summed E-state index contributed by atoms with van der Waals surface area (Å²) in [6.45, 7) is 1.63. The van der Waals surface area contributed by atoms with Gasteiger partial charge in [0.2, 0.25) is 0 Å². The van der Waals surface area contributed by atoms with Gasteiger partial charge in [-0.1, -0.05) is 0 Å². The molecule has 1 aromatic rings. The largest absolute Gasteiger partial charge is 1.00 e. The number of rotatable bonds is 3. The maximum atomic E-state index is 9.48. The van der Waals surface area contributed by atoms with E-state index in [4.69, 9.17) is 0 Å². The van der Waals surface area contributed by atoms with Crippen LogP contribution >= 0.6 is 12.0 Å². The molecule has 0 aromatic heterocycles. The fourth-order valence-corrected chi connectivity index (χ4v) is 1.18. The van der Waals surface area contributed by atoms with Crippen molar-refractivity contribution in [2.75, 3.05) is 0 Å². The zero-order valence-electron chi connectivity index (χ0n) is 7.68. The topological polar surface area (TPSA) is 82.0 Å². The minimum absolute atomic E-state index is 0. The van der Waals surface area contributed by atoms with Gasteiger partial charge in [0, 0.05) is 0 Å². The van der Waals surface area contributed by atoms with Crippen molar-refractivity contribution in [2.24, 2.45) is 0 Å². The number of hydrogen-bond acceptors (Lipinski definition) is 6. The third-order valence-corrected chi connectivity index (χ3v) is 2.06. The van der Waals surface area contributed by atoms with Crippen molar-refractivity contribution in [3.05, 3.63) is 17.7 Å². The summed E-state index contributed by atoms with van der Waals surface area (Å²) in [6.07, 6.45) is 0. The van der Waals surface area contributed by atoms with E-state index in [0.717, 1.165) is 0 Å². The molecule has 1 aromatic carbocycles. The summed E-state index contributed by atoms with van der Waals surface area (Å²) < 4.78 is 3.99. The summed E-state index contributed by atoms with van der Waals surface area (Å²) in [5, 5.41) is 31.1. The molecular weight excluding hydrogens is 219 g/mol. The molecule has 0 saturated heterocycles. The van der Waals surface area contributed by atoms with Gasteiger partial charge in [-0.3, -0.25) is 5.04 Å². The average Bonchev–Trinajstić information content (AvgIpc) is 2.09. The Balaban J connectivity index is 0.00000169. The number of aryl methyl sites for hydroxylation is 1. The van der Waals surface area contributed by atoms with Gasteiger partial charge < -0.3 is 15.5 Å². The molecule has 0 radical (unpaired) electrons. The van der Waals surface area contributed by atoms with Crippen LogP contribution in [-0.2, 0) is 9.37 Å². The Labute approximate surface area is 107 Å². The zero-order valence-corrected chi connectivity index (χ0v) is 10.5. The molecule has 7 heteroatoms. The van der Waals surface area contributed by atoms with Crippen molar-refractivity contribution in [3.8, 4) is 11.5 Å². The van der Waals surface area contributed by atoms with Crippen LogP contribution in [0.4, 0.5) is 0 Å². The van der Waals surface area contributed by atoms with Gasteiger partial charge in [-0.05, 0) is 24.6 Å². The Kier molecular flexibility index (Phi) is 6.54. The Bertz CT molecular complexity index is 306. The SMILES string of the molecule is Cc1cc(O)c(SOO[O-])cc1O.[Na+]. The van der Waals surface area contributed by atoms with Gasteiger partial charge in [0.05, 0.1) is 16.9 Å². The second kappa shape index (κ2) is 6.52. The van der Waals surface area contributed by atoms with Gasteiger partial charge in [0.1, 0.15) is 11.5 Å². The van der Waals surface area contributed by atoms with Crippen molar-refractivity contribution in [1.29, 1.82) is 0 Å². The van der Waals surface area contributed by atoms with Crippen molar-refractivity contribution >= 4 is 12.0 Å². The first-order chi connectivity index (χ1) is 6.15. The fraction of sp³-hybridized carbons (Fsp3) is 0.143. The molecule has 0 aliphatic rings. The quantitative estimate of drug-likeness (QED) is 0.197. The molecule has 0 saturated carbocycles. The molecule has 0 heterocycles. The third-order valence-electron chi connectivity index (χ3n) is 1.43. The van der Waals surface area contributed by atoms with Crippen LogP contribution in [0.1, 0.15) is 5.56 Å². The monoisotopic (exact) mass is 226 g/mol. The summed E-state index contributed by atoms with van der Waals surface area (Å²) in [6, 6.07) is 2.63. The van der Waals surface area contributed by atoms with E-state index in [-0.39, 0.29) is 46.0 Å². The van der Waals surface area contributed by atoms with Crippen LogP contribution in [0, 0.1) is 6.92 Å². The first kappa shape index (κ1) is 14.1. The van der Waals surface area contributed by atoms with Crippen LogP contribution in [0.2, 0.25) is 0 Å². The van der Waals surface area contributed by atoms with E-state index in [1.165, 1.54) is 12.1 Å². The van der Waals surface area contributed by atoms with E-state index in [1.807, 2.05) is 0 Å². The minimum atomic E-state index is -0.0858. The van der Waals surface area contributed by atoms with Crippen molar-refractivity contribution < 1.29 is 54.4 Å². The maximum absolute atomic E-state index is 9.48. The molecule has 2 N–H and O–H groups in total. The molecule has 0 aliphatic heterocycles. The Morgan fingerprint density at radius 1 is 1.29 bits per heavy atom. The Morgan fingerprint density at radius 2 is 1.93 bits per heavy atom. The van der Waals surface area contributed by atoms with E-state index < -0.39 is 0 Å². The van der Waals surface area contributed by atoms with Gasteiger partial charge in [-0.15, -0.1) is 0 Å². The van der Waals surface area contributed by atoms with E-state index >= 15 is 0 Å². The predicted octanol–water partition coefficient (Wildman–Crippen LogP) is -2.36. The third kappa shape index (κ3) is 3.66. The Hall–Kier alpha value is 0.0500. The molecule has 0 aliphatic carbocycles. The van der Waals surface area contributed by atoms with E-state index in [2.05, 4.69) is 9.37 Å². The van der Waals surface area contributed by atoms with Gasteiger partial charge in [0.25, 0.3) is 0 Å².